The summed E-state index contributed by atoms with van der Waals surface area (Å²) in [4.78, 5) is 18.9. The van der Waals surface area contributed by atoms with Gasteiger partial charge >= 0.3 is 6.09 Å². The van der Waals surface area contributed by atoms with Crippen molar-refractivity contribution in [3.8, 4) is 0 Å². The standard InChI is InChI=1S/C19H34N4O3/c1-5-20-17(21-10-6-15-8-12-25-13-9-15)23-11-7-16(14-23)22-18(24)26-19(2,3)4/h8,16H,5-7,9-14H2,1-4H3,(H,20,21)(H,22,24). The van der Waals surface area contributed by atoms with Gasteiger partial charge in [0.1, 0.15) is 5.60 Å². The van der Waals surface area contributed by atoms with E-state index in [2.05, 4.69) is 28.5 Å². The summed E-state index contributed by atoms with van der Waals surface area (Å²) >= 11 is 0. The lowest BCUT2D eigenvalue weighted by molar-refractivity contribution is 0.0507. The molecule has 7 nitrogen and oxygen atoms in total. The molecule has 1 saturated heterocycles. The van der Waals surface area contributed by atoms with Crippen LogP contribution >= 0.6 is 0 Å². The first-order valence-electron chi connectivity index (χ1n) is 9.66. The summed E-state index contributed by atoms with van der Waals surface area (Å²) in [7, 11) is 0. The van der Waals surface area contributed by atoms with E-state index in [1.807, 2.05) is 20.8 Å². The summed E-state index contributed by atoms with van der Waals surface area (Å²) < 4.78 is 10.7. The molecule has 0 aliphatic carbocycles. The van der Waals surface area contributed by atoms with Crippen LogP contribution in [0.1, 0.15) is 47.0 Å². The highest BCUT2D eigenvalue weighted by atomic mass is 16.6. The van der Waals surface area contributed by atoms with Gasteiger partial charge in [0, 0.05) is 26.2 Å². The number of nitrogens with zero attached hydrogens (tertiary/aromatic N) is 2. The number of ether oxygens (including phenoxy) is 2. The Labute approximate surface area is 157 Å². The summed E-state index contributed by atoms with van der Waals surface area (Å²) in [5, 5.41) is 6.32. The zero-order valence-electron chi connectivity index (χ0n) is 16.6. The van der Waals surface area contributed by atoms with Crippen LogP contribution in [0.3, 0.4) is 0 Å². The second kappa shape index (κ2) is 9.80. The molecule has 1 unspecified atom stereocenters. The normalized spacial score (nSPS) is 21.4. The van der Waals surface area contributed by atoms with E-state index in [4.69, 9.17) is 14.5 Å². The molecule has 2 N–H and O–H groups in total. The highest BCUT2D eigenvalue weighted by molar-refractivity contribution is 5.80. The summed E-state index contributed by atoms with van der Waals surface area (Å²) in [5.74, 6) is 0.925. The second-order valence-electron chi connectivity index (χ2n) is 7.75. The van der Waals surface area contributed by atoms with E-state index in [0.29, 0.717) is 0 Å². The van der Waals surface area contributed by atoms with Gasteiger partial charge in [-0.15, -0.1) is 0 Å². The van der Waals surface area contributed by atoms with Crippen LogP contribution in [-0.4, -0.2) is 68.0 Å². The average molecular weight is 367 g/mol. The molecule has 0 aromatic heterocycles. The van der Waals surface area contributed by atoms with E-state index in [1.54, 1.807) is 0 Å². The monoisotopic (exact) mass is 366 g/mol. The number of rotatable bonds is 5. The fourth-order valence-electron chi connectivity index (χ4n) is 3.07. The van der Waals surface area contributed by atoms with Crippen molar-refractivity contribution in [2.24, 2.45) is 4.99 Å². The predicted molar refractivity (Wildman–Crippen MR) is 103 cm³/mol. The number of amides is 1. The van der Waals surface area contributed by atoms with Gasteiger partial charge < -0.3 is 25.0 Å². The van der Waals surface area contributed by atoms with Crippen molar-refractivity contribution in [3.05, 3.63) is 11.6 Å². The number of carbonyl (C=O) groups excluding carboxylic acids is 1. The van der Waals surface area contributed by atoms with Crippen LogP contribution in [0.15, 0.2) is 16.6 Å². The minimum absolute atomic E-state index is 0.0897. The van der Waals surface area contributed by atoms with Crippen LogP contribution in [-0.2, 0) is 9.47 Å². The highest BCUT2D eigenvalue weighted by Gasteiger charge is 2.27. The van der Waals surface area contributed by atoms with Gasteiger partial charge in [-0.05, 0) is 47.0 Å². The predicted octanol–water partition coefficient (Wildman–Crippen LogP) is 2.29. The van der Waals surface area contributed by atoms with Crippen molar-refractivity contribution in [2.75, 3.05) is 39.4 Å². The number of hydrogen-bond acceptors (Lipinski definition) is 4. The first kappa shape index (κ1) is 20.6. The molecule has 0 bridgehead atoms. The zero-order valence-corrected chi connectivity index (χ0v) is 16.6. The Kier molecular flexibility index (Phi) is 7.75. The van der Waals surface area contributed by atoms with Gasteiger partial charge in [0.2, 0.25) is 0 Å². The molecule has 7 heteroatoms. The molecule has 2 heterocycles. The Balaban J connectivity index is 1.82. The lowest BCUT2D eigenvalue weighted by atomic mass is 10.1. The Morgan fingerprint density at radius 1 is 1.46 bits per heavy atom. The van der Waals surface area contributed by atoms with E-state index in [1.165, 1.54) is 5.57 Å². The Morgan fingerprint density at radius 2 is 2.27 bits per heavy atom. The minimum atomic E-state index is -0.475. The summed E-state index contributed by atoms with van der Waals surface area (Å²) in [5.41, 5.74) is 0.958. The Morgan fingerprint density at radius 3 is 2.92 bits per heavy atom. The van der Waals surface area contributed by atoms with Gasteiger partial charge in [0.15, 0.2) is 5.96 Å². The fourth-order valence-corrected chi connectivity index (χ4v) is 3.07. The number of nitrogens with one attached hydrogen (secondary N) is 2. The molecule has 0 saturated carbocycles. The third-order valence-electron chi connectivity index (χ3n) is 4.30. The fraction of sp³-hybridized carbons (Fsp3) is 0.789. The van der Waals surface area contributed by atoms with Crippen LogP contribution in [0.2, 0.25) is 0 Å². The Hall–Kier alpha value is -1.76. The van der Waals surface area contributed by atoms with Crippen LogP contribution < -0.4 is 10.6 Å². The van der Waals surface area contributed by atoms with Crippen molar-refractivity contribution in [2.45, 2.75) is 58.6 Å². The molecule has 2 rings (SSSR count). The van der Waals surface area contributed by atoms with E-state index in [-0.39, 0.29) is 12.1 Å². The van der Waals surface area contributed by atoms with E-state index < -0.39 is 5.60 Å². The number of aliphatic imine (C=N–C) groups is 1. The number of carbonyl (C=O) groups is 1. The lowest BCUT2D eigenvalue weighted by Gasteiger charge is -2.23. The number of guanidine groups is 1. The van der Waals surface area contributed by atoms with Crippen LogP contribution in [0, 0.1) is 0 Å². The summed E-state index contributed by atoms with van der Waals surface area (Å²) in [6.45, 7) is 12.5. The molecular formula is C19H34N4O3. The molecule has 0 spiro atoms. The van der Waals surface area contributed by atoms with Crippen molar-refractivity contribution >= 4 is 12.1 Å². The van der Waals surface area contributed by atoms with Crippen molar-refractivity contribution in [1.29, 1.82) is 0 Å². The largest absolute Gasteiger partial charge is 0.444 e. The SMILES string of the molecule is CCNC(=NCCC1=CCOCC1)N1CCC(NC(=O)OC(C)(C)C)C1. The molecule has 0 aromatic rings. The number of hydrogen-bond donors (Lipinski definition) is 2. The highest BCUT2D eigenvalue weighted by Crippen LogP contribution is 2.14. The van der Waals surface area contributed by atoms with Crippen LogP contribution in [0.25, 0.3) is 0 Å². The van der Waals surface area contributed by atoms with E-state index >= 15 is 0 Å². The van der Waals surface area contributed by atoms with Gasteiger partial charge in [-0.3, -0.25) is 4.99 Å². The topological polar surface area (TPSA) is 75.2 Å². The maximum absolute atomic E-state index is 11.9. The first-order chi connectivity index (χ1) is 12.4. The van der Waals surface area contributed by atoms with Crippen LogP contribution in [0.4, 0.5) is 4.79 Å². The third-order valence-corrected chi connectivity index (χ3v) is 4.30. The number of alkyl carbamates (subject to hydrolysis) is 1. The number of likely N-dealkylation sites (tertiary alicyclic amines) is 1. The molecule has 2 aliphatic rings. The maximum Gasteiger partial charge on any atom is 0.407 e. The molecule has 26 heavy (non-hydrogen) atoms. The van der Waals surface area contributed by atoms with Crippen molar-refractivity contribution in [1.82, 2.24) is 15.5 Å². The quantitative estimate of drug-likeness (QED) is 0.444. The molecule has 148 valence electrons. The summed E-state index contributed by atoms with van der Waals surface area (Å²) in [6.07, 6.45) is 4.70. The van der Waals surface area contributed by atoms with Crippen LogP contribution in [0.5, 0.6) is 0 Å². The van der Waals surface area contributed by atoms with Gasteiger partial charge in [-0.25, -0.2) is 4.79 Å². The summed E-state index contributed by atoms with van der Waals surface area (Å²) in [6, 6.07) is 0.0897. The van der Waals surface area contributed by atoms with E-state index in [0.717, 1.165) is 64.6 Å². The molecule has 1 atom stereocenters. The third kappa shape index (κ3) is 7.23. The van der Waals surface area contributed by atoms with Gasteiger partial charge in [-0.2, -0.15) is 0 Å². The smallest absolute Gasteiger partial charge is 0.407 e. The average Bonchev–Trinajstić information content (AvgIpc) is 3.01. The first-order valence-corrected chi connectivity index (χ1v) is 9.66. The molecule has 1 fully saturated rings. The maximum atomic E-state index is 11.9. The molecule has 0 radical (unpaired) electrons. The Bertz CT molecular complexity index is 525. The van der Waals surface area contributed by atoms with E-state index in [9.17, 15) is 4.79 Å². The lowest BCUT2D eigenvalue weighted by Crippen LogP contribution is -2.44. The van der Waals surface area contributed by atoms with Gasteiger partial charge in [0.05, 0.1) is 19.3 Å². The van der Waals surface area contributed by atoms with Gasteiger partial charge in [0.25, 0.3) is 0 Å². The molecule has 0 aromatic carbocycles. The molecular weight excluding hydrogens is 332 g/mol. The van der Waals surface area contributed by atoms with Crippen molar-refractivity contribution < 1.29 is 14.3 Å². The molecule has 2 aliphatic heterocycles. The minimum Gasteiger partial charge on any atom is -0.444 e. The zero-order chi connectivity index (χ0) is 19.0. The molecule has 1 amide bonds. The van der Waals surface area contributed by atoms with Crippen molar-refractivity contribution in [3.63, 3.8) is 0 Å². The second-order valence-corrected chi connectivity index (χ2v) is 7.75. The van der Waals surface area contributed by atoms with Gasteiger partial charge in [-0.1, -0.05) is 11.6 Å².